The van der Waals surface area contributed by atoms with Gasteiger partial charge in [-0.15, -0.1) is 12.4 Å². The second-order valence-corrected chi connectivity index (χ2v) is 2.92. The molecule has 0 aromatic carbocycles. The molecule has 0 aromatic heterocycles. The van der Waals surface area contributed by atoms with Crippen molar-refractivity contribution in [2.45, 2.75) is 25.8 Å². The van der Waals surface area contributed by atoms with Crippen molar-refractivity contribution >= 4 is 18.4 Å². The summed E-state index contributed by atoms with van der Waals surface area (Å²) in [7, 11) is 0. The topological polar surface area (TPSA) is 49.3 Å². The first-order valence-corrected chi connectivity index (χ1v) is 3.66. The first kappa shape index (κ1) is 10.7. The van der Waals surface area contributed by atoms with Gasteiger partial charge in [-0.2, -0.15) is 0 Å². The van der Waals surface area contributed by atoms with Crippen LogP contribution in [0.15, 0.2) is 0 Å². The van der Waals surface area contributed by atoms with Crippen LogP contribution < -0.4 is 5.32 Å². The molecule has 1 saturated heterocycles. The number of carboxylic acids is 1. The van der Waals surface area contributed by atoms with Gasteiger partial charge in [-0.3, -0.25) is 4.79 Å². The normalized spacial score (nSPS) is 30.6. The van der Waals surface area contributed by atoms with E-state index in [0.29, 0.717) is 12.6 Å². The lowest BCUT2D eigenvalue weighted by atomic mass is 9.96. The summed E-state index contributed by atoms with van der Waals surface area (Å²) in [6, 6.07) is 0.496. The smallest absolute Gasteiger partial charge is 0.307 e. The van der Waals surface area contributed by atoms with Crippen molar-refractivity contribution < 1.29 is 9.90 Å². The third-order valence-electron chi connectivity index (χ3n) is 2.01. The highest BCUT2D eigenvalue weighted by Gasteiger charge is 2.22. The Hall–Kier alpha value is -0.280. The van der Waals surface area contributed by atoms with Gasteiger partial charge in [0, 0.05) is 12.6 Å². The average Bonchev–Trinajstić information content (AvgIpc) is 1.88. The van der Waals surface area contributed by atoms with Crippen molar-refractivity contribution in [3.8, 4) is 0 Å². The monoisotopic (exact) mass is 179 g/mol. The molecule has 2 atom stereocenters. The van der Waals surface area contributed by atoms with E-state index in [1.807, 2.05) is 0 Å². The van der Waals surface area contributed by atoms with Crippen LogP contribution in [-0.2, 0) is 4.79 Å². The van der Waals surface area contributed by atoms with E-state index in [9.17, 15) is 4.79 Å². The first-order chi connectivity index (χ1) is 4.70. The summed E-state index contributed by atoms with van der Waals surface area (Å²) in [6.45, 7) is 2.72. The zero-order chi connectivity index (χ0) is 7.56. The molecule has 0 saturated carbocycles. The van der Waals surface area contributed by atoms with E-state index in [1.54, 1.807) is 0 Å². The van der Waals surface area contributed by atoms with Crippen LogP contribution >= 0.6 is 12.4 Å². The number of nitrogens with one attached hydrogen (secondary N) is 1. The van der Waals surface area contributed by atoms with Crippen LogP contribution in [0.1, 0.15) is 19.8 Å². The van der Waals surface area contributed by atoms with Gasteiger partial charge in [0.2, 0.25) is 0 Å². The molecule has 0 radical (unpaired) electrons. The van der Waals surface area contributed by atoms with Crippen molar-refractivity contribution in [3.63, 3.8) is 0 Å². The molecule has 1 rings (SSSR count). The Morgan fingerprint density at radius 3 is 2.55 bits per heavy atom. The Morgan fingerprint density at radius 1 is 1.55 bits per heavy atom. The van der Waals surface area contributed by atoms with E-state index < -0.39 is 5.97 Å². The summed E-state index contributed by atoms with van der Waals surface area (Å²) in [4.78, 5) is 10.4. The standard InChI is InChI=1S/C7H13NO2.ClH/c1-5-2-3-6(4-8-5)7(9)10;/h5-6,8H,2-4H2,1H3,(H,9,10);1H/t5-,6-;/m1./s1. The zero-order valence-electron chi connectivity index (χ0n) is 6.54. The predicted octanol–water partition coefficient (Wildman–Crippen LogP) is 0.881. The minimum atomic E-state index is -0.667. The van der Waals surface area contributed by atoms with Crippen molar-refractivity contribution in [2.24, 2.45) is 5.92 Å². The number of carbonyl (C=O) groups is 1. The van der Waals surface area contributed by atoms with Gasteiger partial charge in [0.25, 0.3) is 0 Å². The summed E-state index contributed by atoms with van der Waals surface area (Å²) >= 11 is 0. The van der Waals surface area contributed by atoms with E-state index in [2.05, 4.69) is 12.2 Å². The Kier molecular flexibility index (Phi) is 4.45. The molecule has 1 aliphatic heterocycles. The Bertz CT molecular complexity index is 132. The molecule has 66 valence electrons. The Balaban J connectivity index is 0.000001000. The van der Waals surface area contributed by atoms with Crippen LogP contribution in [0.25, 0.3) is 0 Å². The molecular weight excluding hydrogens is 166 g/mol. The molecule has 0 unspecified atom stereocenters. The number of hydrogen-bond acceptors (Lipinski definition) is 2. The lowest BCUT2D eigenvalue weighted by molar-refractivity contribution is -0.142. The van der Waals surface area contributed by atoms with Gasteiger partial charge < -0.3 is 10.4 Å². The van der Waals surface area contributed by atoms with Crippen LogP contribution in [0, 0.1) is 5.92 Å². The highest BCUT2D eigenvalue weighted by atomic mass is 35.5. The van der Waals surface area contributed by atoms with Gasteiger partial charge >= 0.3 is 5.97 Å². The summed E-state index contributed by atoms with van der Waals surface area (Å²) in [6.07, 6.45) is 1.81. The molecule has 1 heterocycles. The summed E-state index contributed by atoms with van der Waals surface area (Å²) in [5.41, 5.74) is 0. The second kappa shape index (κ2) is 4.57. The minimum Gasteiger partial charge on any atom is -0.481 e. The highest BCUT2D eigenvalue weighted by molar-refractivity contribution is 5.85. The van der Waals surface area contributed by atoms with E-state index in [4.69, 9.17) is 5.11 Å². The van der Waals surface area contributed by atoms with Crippen LogP contribution in [0.3, 0.4) is 0 Å². The minimum absolute atomic E-state index is 0. The molecule has 0 aromatic rings. The maximum atomic E-state index is 10.4. The number of halogens is 1. The molecular formula is C7H14ClNO2. The van der Waals surface area contributed by atoms with E-state index in [1.165, 1.54) is 0 Å². The number of aliphatic carboxylic acids is 1. The van der Waals surface area contributed by atoms with Gasteiger partial charge in [-0.25, -0.2) is 0 Å². The van der Waals surface area contributed by atoms with Crippen molar-refractivity contribution in [1.29, 1.82) is 0 Å². The number of piperidine rings is 1. The molecule has 0 bridgehead atoms. The molecule has 0 aliphatic carbocycles. The largest absolute Gasteiger partial charge is 0.481 e. The molecule has 0 spiro atoms. The predicted molar refractivity (Wildman–Crippen MR) is 45.1 cm³/mol. The fraction of sp³-hybridized carbons (Fsp3) is 0.857. The third kappa shape index (κ3) is 3.08. The quantitative estimate of drug-likeness (QED) is 0.629. The van der Waals surface area contributed by atoms with Crippen LogP contribution in [-0.4, -0.2) is 23.7 Å². The van der Waals surface area contributed by atoms with E-state index in [-0.39, 0.29) is 18.3 Å². The van der Waals surface area contributed by atoms with Crippen LogP contribution in [0.4, 0.5) is 0 Å². The van der Waals surface area contributed by atoms with Gasteiger partial charge in [-0.05, 0) is 19.8 Å². The van der Waals surface area contributed by atoms with E-state index in [0.717, 1.165) is 12.8 Å². The molecule has 3 nitrogen and oxygen atoms in total. The van der Waals surface area contributed by atoms with Crippen molar-refractivity contribution in [3.05, 3.63) is 0 Å². The van der Waals surface area contributed by atoms with Gasteiger partial charge in [0.15, 0.2) is 0 Å². The summed E-state index contributed by atoms with van der Waals surface area (Å²) < 4.78 is 0. The molecule has 1 aliphatic rings. The summed E-state index contributed by atoms with van der Waals surface area (Å²) in [5.74, 6) is -0.824. The number of carboxylic acid groups (broad SMARTS) is 1. The van der Waals surface area contributed by atoms with Gasteiger partial charge in [-0.1, -0.05) is 0 Å². The van der Waals surface area contributed by atoms with Crippen LogP contribution in [0.5, 0.6) is 0 Å². The van der Waals surface area contributed by atoms with Gasteiger partial charge in [0.05, 0.1) is 5.92 Å². The first-order valence-electron chi connectivity index (χ1n) is 3.66. The van der Waals surface area contributed by atoms with Crippen molar-refractivity contribution in [2.75, 3.05) is 6.54 Å². The third-order valence-corrected chi connectivity index (χ3v) is 2.01. The highest BCUT2D eigenvalue weighted by Crippen LogP contribution is 2.13. The lowest BCUT2D eigenvalue weighted by Gasteiger charge is -2.24. The maximum absolute atomic E-state index is 10.4. The maximum Gasteiger partial charge on any atom is 0.307 e. The molecule has 2 N–H and O–H groups in total. The number of hydrogen-bond donors (Lipinski definition) is 2. The fourth-order valence-corrected chi connectivity index (χ4v) is 1.21. The second-order valence-electron chi connectivity index (χ2n) is 2.92. The zero-order valence-corrected chi connectivity index (χ0v) is 7.36. The summed E-state index contributed by atoms with van der Waals surface area (Å²) in [5, 5.41) is 11.7. The Morgan fingerprint density at radius 2 is 2.18 bits per heavy atom. The lowest BCUT2D eigenvalue weighted by Crippen LogP contribution is -2.39. The van der Waals surface area contributed by atoms with Gasteiger partial charge in [0.1, 0.15) is 0 Å². The number of rotatable bonds is 1. The molecule has 4 heteroatoms. The molecule has 0 amide bonds. The molecule has 11 heavy (non-hydrogen) atoms. The average molecular weight is 180 g/mol. The van der Waals surface area contributed by atoms with E-state index >= 15 is 0 Å². The Labute approximate surface area is 72.6 Å². The van der Waals surface area contributed by atoms with Crippen LogP contribution in [0.2, 0.25) is 0 Å². The molecule has 1 fully saturated rings. The van der Waals surface area contributed by atoms with Crippen molar-refractivity contribution in [1.82, 2.24) is 5.32 Å². The fourth-order valence-electron chi connectivity index (χ4n) is 1.21. The SMILES string of the molecule is C[C@@H]1CC[C@@H](C(=O)O)CN1.Cl.